The van der Waals surface area contributed by atoms with Crippen LogP contribution < -0.4 is 5.73 Å². The summed E-state index contributed by atoms with van der Waals surface area (Å²) in [4.78, 5) is 0. The van der Waals surface area contributed by atoms with E-state index in [2.05, 4.69) is 6.92 Å². The molecule has 0 heterocycles. The van der Waals surface area contributed by atoms with Crippen LogP contribution in [0.1, 0.15) is 30.9 Å². The van der Waals surface area contributed by atoms with Gasteiger partial charge in [0.1, 0.15) is 0 Å². The summed E-state index contributed by atoms with van der Waals surface area (Å²) >= 11 is 0. The molecular weight excluding hydrogens is 227 g/mol. The Labute approximate surface area is 99.8 Å². The van der Waals surface area contributed by atoms with Gasteiger partial charge in [0, 0.05) is 0 Å². The fourth-order valence-electron chi connectivity index (χ4n) is 1.80. The zero-order valence-corrected chi connectivity index (χ0v) is 9.93. The maximum absolute atomic E-state index is 12.3. The van der Waals surface area contributed by atoms with Gasteiger partial charge in [-0.25, -0.2) is 0 Å². The molecule has 17 heavy (non-hydrogen) atoms. The van der Waals surface area contributed by atoms with Crippen LogP contribution in [0.3, 0.4) is 0 Å². The Morgan fingerprint density at radius 1 is 1.18 bits per heavy atom. The van der Waals surface area contributed by atoms with Crippen LogP contribution in [0.15, 0.2) is 24.3 Å². The number of alkyl halides is 3. The van der Waals surface area contributed by atoms with Gasteiger partial charge in [-0.15, -0.1) is 0 Å². The van der Waals surface area contributed by atoms with Crippen LogP contribution in [0.5, 0.6) is 0 Å². The largest absolute Gasteiger partial charge is 0.416 e. The Morgan fingerprint density at radius 2 is 1.76 bits per heavy atom. The second kappa shape index (κ2) is 6.05. The van der Waals surface area contributed by atoms with Crippen molar-refractivity contribution in [2.75, 3.05) is 6.54 Å². The first-order valence-electron chi connectivity index (χ1n) is 5.79. The molecule has 1 aromatic rings. The molecule has 0 aliphatic carbocycles. The summed E-state index contributed by atoms with van der Waals surface area (Å²) in [7, 11) is 0. The number of nitrogens with two attached hydrogens (primary N) is 1. The molecule has 4 heteroatoms. The van der Waals surface area contributed by atoms with Crippen LogP contribution in [0.2, 0.25) is 0 Å². The fourth-order valence-corrected chi connectivity index (χ4v) is 1.80. The molecule has 0 fully saturated rings. The lowest BCUT2D eigenvalue weighted by atomic mass is 9.96. The van der Waals surface area contributed by atoms with E-state index in [1.165, 1.54) is 0 Å². The summed E-state index contributed by atoms with van der Waals surface area (Å²) in [6.07, 6.45) is -1.47. The average molecular weight is 245 g/mol. The molecule has 0 saturated carbocycles. The predicted octanol–water partition coefficient (Wildman–Crippen LogP) is 3.62. The first-order chi connectivity index (χ1) is 7.93. The lowest BCUT2D eigenvalue weighted by Gasteiger charge is -2.12. The Morgan fingerprint density at radius 3 is 2.24 bits per heavy atom. The second-order valence-electron chi connectivity index (χ2n) is 4.43. The molecule has 0 aliphatic rings. The zero-order chi connectivity index (χ0) is 12.9. The monoisotopic (exact) mass is 245 g/mol. The van der Waals surface area contributed by atoms with E-state index in [1.807, 2.05) is 0 Å². The lowest BCUT2D eigenvalue weighted by Crippen LogP contribution is -2.07. The van der Waals surface area contributed by atoms with Crippen molar-refractivity contribution in [1.29, 1.82) is 0 Å². The van der Waals surface area contributed by atoms with Crippen molar-refractivity contribution in [3.05, 3.63) is 35.4 Å². The maximum atomic E-state index is 12.3. The third-order valence-electron chi connectivity index (χ3n) is 2.77. The second-order valence-corrected chi connectivity index (χ2v) is 4.43. The van der Waals surface area contributed by atoms with Crippen molar-refractivity contribution >= 4 is 0 Å². The molecule has 1 atom stereocenters. The highest BCUT2D eigenvalue weighted by Gasteiger charge is 2.29. The predicted molar refractivity (Wildman–Crippen MR) is 62.6 cm³/mol. The highest BCUT2D eigenvalue weighted by Crippen LogP contribution is 2.29. The van der Waals surface area contributed by atoms with Gasteiger partial charge in [-0.2, -0.15) is 13.2 Å². The smallest absolute Gasteiger partial charge is 0.330 e. The van der Waals surface area contributed by atoms with Crippen molar-refractivity contribution in [3.63, 3.8) is 0 Å². The summed E-state index contributed by atoms with van der Waals surface area (Å²) in [5, 5.41) is 0. The topological polar surface area (TPSA) is 26.0 Å². The molecule has 1 rings (SSSR count). The van der Waals surface area contributed by atoms with Gasteiger partial charge in [0.05, 0.1) is 5.56 Å². The normalized spacial score (nSPS) is 13.7. The van der Waals surface area contributed by atoms with Gasteiger partial charge in [-0.3, -0.25) is 0 Å². The Kier molecular flexibility index (Phi) is 5.00. The molecule has 0 unspecified atom stereocenters. The van der Waals surface area contributed by atoms with Crippen LogP contribution in [0.25, 0.3) is 0 Å². The summed E-state index contributed by atoms with van der Waals surface area (Å²) in [6.45, 7) is 2.75. The van der Waals surface area contributed by atoms with Crippen molar-refractivity contribution in [2.24, 2.45) is 11.7 Å². The first-order valence-corrected chi connectivity index (χ1v) is 5.79. The molecule has 0 saturated heterocycles. The summed E-state index contributed by atoms with van der Waals surface area (Å²) in [6, 6.07) is 5.40. The molecule has 0 bridgehead atoms. The van der Waals surface area contributed by atoms with E-state index in [-0.39, 0.29) is 0 Å². The van der Waals surface area contributed by atoms with Crippen molar-refractivity contribution in [2.45, 2.75) is 32.4 Å². The third kappa shape index (κ3) is 4.77. The van der Waals surface area contributed by atoms with Crippen molar-refractivity contribution in [3.8, 4) is 0 Å². The number of benzene rings is 1. The molecule has 0 radical (unpaired) electrons. The molecular formula is C13H18F3N. The molecule has 0 aliphatic heterocycles. The first kappa shape index (κ1) is 14.0. The average Bonchev–Trinajstić information content (AvgIpc) is 2.26. The molecule has 2 N–H and O–H groups in total. The summed E-state index contributed by atoms with van der Waals surface area (Å²) < 4.78 is 37.0. The van der Waals surface area contributed by atoms with E-state index in [9.17, 15) is 13.2 Å². The van der Waals surface area contributed by atoms with E-state index < -0.39 is 11.7 Å². The van der Waals surface area contributed by atoms with Gasteiger partial charge in [-0.1, -0.05) is 19.1 Å². The minimum Gasteiger partial charge on any atom is -0.330 e. The van der Waals surface area contributed by atoms with Gasteiger partial charge in [0.25, 0.3) is 0 Å². The number of halogens is 3. The zero-order valence-electron chi connectivity index (χ0n) is 9.93. The van der Waals surface area contributed by atoms with Crippen LogP contribution in [-0.2, 0) is 12.6 Å². The van der Waals surface area contributed by atoms with E-state index in [4.69, 9.17) is 5.73 Å². The fraction of sp³-hybridized carbons (Fsp3) is 0.538. The van der Waals surface area contributed by atoms with E-state index in [0.717, 1.165) is 37.0 Å². The van der Waals surface area contributed by atoms with E-state index >= 15 is 0 Å². The van der Waals surface area contributed by atoms with Crippen molar-refractivity contribution < 1.29 is 13.2 Å². The highest BCUT2D eigenvalue weighted by molar-refractivity contribution is 5.24. The number of hydrogen-bond donors (Lipinski definition) is 1. The Hall–Kier alpha value is -1.03. The minimum absolute atomic E-state index is 0.454. The highest BCUT2D eigenvalue weighted by atomic mass is 19.4. The van der Waals surface area contributed by atoms with E-state index in [1.54, 1.807) is 12.1 Å². The van der Waals surface area contributed by atoms with Crippen LogP contribution in [0, 0.1) is 5.92 Å². The van der Waals surface area contributed by atoms with Crippen molar-refractivity contribution in [1.82, 2.24) is 0 Å². The van der Waals surface area contributed by atoms with Crippen LogP contribution in [0.4, 0.5) is 13.2 Å². The summed E-state index contributed by atoms with van der Waals surface area (Å²) in [5.74, 6) is 0.454. The van der Waals surface area contributed by atoms with Gasteiger partial charge in [-0.05, 0) is 49.4 Å². The van der Waals surface area contributed by atoms with Gasteiger partial charge < -0.3 is 5.73 Å². The molecule has 0 aromatic heterocycles. The third-order valence-corrected chi connectivity index (χ3v) is 2.77. The van der Waals surface area contributed by atoms with Crippen LogP contribution >= 0.6 is 0 Å². The molecule has 1 nitrogen and oxygen atoms in total. The van der Waals surface area contributed by atoms with Gasteiger partial charge in [0.15, 0.2) is 0 Å². The van der Waals surface area contributed by atoms with E-state index in [0.29, 0.717) is 12.5 Å². The van der Waals surface area contributed by atoms with Gasteiger partial charge >= 0.3 is 6.18 Å². The minimum atomic E-state index is -4.25. The summed E-state index contributed by atoms with van der Waals surface area (Å²) in [5.41, 5.74) is 5.77. The molecule has 0 spiro atoms. The molecule has 1 aromatic carbocycles. The van der Waals surface area contributed by atoms with Crippen LogP contribution in [-0.4, -0.2) is 6.54 Å². The maximum Gasteiger partial charge on any atom is 0.416 e. The molecule has 96 valence electrons. The number of rotatable bonds is 5. The SMILES string of the molecule is C[C@@H](CCCN)Cc1ccc(C(F)(F)F)cc1. The molecule has 0 amide bonds. The van der Waals surface area contributed by atoms with Gasteiger partial charge in [0.2, 0.25) is 0 Å². The lowest BCUT2D eigenvalue weighted by molar-refractivity contribution is -0.137. The Bertz CT molecular complexity index is 330. The standard InChI is InChI=1S/C13H18F3N/c1-10(3-2-8-17)9-11-4-6-12(7-5-11)13(14,15)16/h4-7,10H,2-3,8-9,17H2,1H3/t10-/m0/s1. The Balaban J connectivity index is 2.56. The number of hydrogen-bond acceptors (Lipinski definition) is 1. The quantitative estimate of drug-likeness (QED) is 0.842.